The van der Waals surface area contributed by atoms with Crippen molar-refractivity contribution in [3.05, 3.63) is 94.3 Å². The third-order valence-electron chi connectivity index (χ3n) is 5.74. The molecule has 2 aromatic carbocycles. The van der Waals surface area contributed by atoms with E-state index in [2.05, 4.69) is 41.1 Å². The molecule has 0 radical (unpaired) electrons. The van der Waals surface area contributed by atoms with Crippen molar-refractivity contribution < 1.29 is 14.4 Å². The molecule has 4 rings (SSSR count). The molecule has 1 aromatic heterocycles. The third kappa shape index (κ3) is 3.99. The van der Waals surface area contributed by atoms with Gasteiger partial charge in [0.2, 0.25) is 0 Å². The zero-order valence-corrected chi connectivity index (χ0v) is 18.4. The fraction of sp³-hybridized carbons (Fsp3) is 0.192. The van der Waals surface area contributed by atoms with Gasteiger partial charge in [0.1, 0.15) is 5.57 Å². The molecule has 1 fully saturated rings. The standard InChI is InChI=1S/C26H25N3O3/c1-4-19-10-12-22(13-11-19)29-17(2)14-21(18(29)3)15-23-24(30)27-26(32)28(25(23)31)16-20-8-6-5-7-9-20/h5-15H,4,16H2,1-3H3,(H,27,30,32). The van der Waals surface area contributed by atoms with E-state index in [1.165, 1.54) is 5.56 Å². The first-order chi connectivity index (χ1) is 15.4. The molecular weight excluding hydrogens is 402 g/mol. The van der Waals surface area contributed by atoms with Gasteiger partial charge in [-0.1, -0.05) is 49.4 Å². The lowest BCUT2D eigenvalue weighted by molar-refractivity contribution is -0.130. The molecule has 3 aromatic rings. The quantitative estimate of drug-likeness (QED) is 0.487. The Morgan fingerprint density at radius 1 is 0.906 bits per heavy atom. The Morgan fingerprint density at radius 2 is 1.59 bits per heavy atom. The summed E-state index contributed by atoms with van der Waals surface area (Å²) in [4.78, 5) is 39.0. The first-order valence-electron chi connectivity index (χ1n) is 10.6. The van der Waals surface area contributed by atoms with E-state index in [1.807, 2.05) is 50.2 Å². The van der Waals surface area contributed by atoms with Crippen LogP contribution in [-0.4, -0.2) is 27.3 Å². The van der Waals surface area contributed by atoms with Gasteiger partial charge in [-0.3, -0.25) is 19.8 Å². The van der Waals surface area contributed by atoms with Gasteiger partial charge in [0.25, 0.3) is 11.8 Å². The summed E-state index contributed by atoms with van der Waals surface area (Å²) in [6, 6.07) is 18.8. The predicted molar refractivity (Wildman–Crippen MR) is 123 cm³/mol. The van der Waals surface area contributed by atoms with E-state index in [4.69, 9.17) is 0 Å². The Balaban J connectivity index is 1.68. The maximum Gasteiger partial charge on any atom is 0.331 e. The normalized spacial score (nSPS) is 15.4. The van der Waals surface area contributed by atoms with Crippen LogP contribution < -0.4 is 5.32 Å². The van der Waals surface area contributed by atoms with Crippen molar-refractivity contribution in [1.29, 1.82) is 0 Å². The van der Waals surface area contributed by atoms with E-state index >= 15 is 0 Å². The van der Waals surface area contributed by atoms with Crippen molar-refractivity contribution in [1.82, 2.24) is 14.8 Å². The van der Waals surface area contributed by atoms with Crippen molar-refractivity contribution in [2.45, 2.75) is 33.7 Å². The molecule has 162 valence electrons. The number of carbonyl (C=O) groups is 3. The van der Waals surface area contributed by atoms with E-state index in [-0.39, 0.29) is 12.1 Å². The molecule has 0 saturated carbocycles. The lowest BCUT2D eigenvalue weighted by atomic mass is 10.1. The minimum absolute atomic E-state index is 0.0536. The molecule has 6 heteroatoms. The fourth-order valence-electron chi connectivity index (χ4n) is 3.97. The SMILES string of the molecule is CCc1ccc(-n2c(C)cc(C=C3C(=O)NC(=O)N(Cc4ccccc4)C3=O)c2C)cc1. The Bertz CT molecular complexity index is 1220. The highest BCUT2D eigenvalue weighted by Gasteiger charge is 2.35. The summed E-state index contributed by atoms with van der Waals surface area (Å²) in [6.45, 7) is 6.14. The average Bonchev–Trinajstić information content (AvgIpc) is 3.07. The van der Waals surface area contributed by atoms with Crippen LogP contribution in [0, 0.1) is 13.8 Å². The van der Waals surface area contributed by atoms with Crippen molar-refractivity contribution in [3.8, 4) is 5.69 Å². The maximum absolute atomic E-state index is 13.1. The number of aryl methyl sites for hydroxylation is 2. The van der Waals surface area contributed by atoms with Gasteiger partial charge in [-0.2, -0.15) is 0 Å². The lowest BCUT2D eigenvalue weighted by Crippen LogP contribution is -2.53. The molecule has 0 atom stereocenters. The number of hydrogen-bond acceptors (Lipinski definition) is 3. The van der Waals surface area contributed by atoms with E-state index < -0.39 is 17.8 Å². The topological polar surface area (TPSA) is 71.4 Å². The molecule has 32 heavy (non-hydrogen) atoms. The van der Waals surface area contributed by atoms with Gasteiger partial charge < -0.3 is 4.57 Å². The highest BCUT2D eigenvalue weighted by Crippen LogP contribution is 2.25. The number of aromatic nitrogens is 1. The number of benzene rings is 2. The van der Waals surface area contributed by atoms with Crippen molar-refractivity contribution in [2.24, 2.45) is 0 Å². The van der Waals surface area contributed by atoms with Crippen LogP contribution in [0.5, 0.6) is 0 Å². The van der Waals surface area contributed by atoms with Gasteiger partial charge in [0.05, 0.1) is 6.54 Å². The van der Waals surface area contributed by atoms with Gasteiger partial charge in [-0.25, -0.2) is 4.79 Å². The number of rotatable bonds is 5. The second-order valence-corrected chi connectivity index (χ2v) is 7.88. The summed E-state index contributed by atoms with van der Waals surface area (Å²) in [5.41, 5.74) is 5.68. The van der Waals surface area contributed by atoms with Gasteiger partial charge >= 0.3 is 6.03 Å². The van der Waals surface area contributed by atoms with Gasteiger partial charge in [-0.15, -0.1) is 0 Å². The van der Waals surface area contributed by atoms with Crippen LogP contribution in [0.2, 0.25) is 0 Å². The number of hydrogen-bond donors (Lipinski definition) is 1. The van der Waals surface area contributed by atoms with Gasteiger partial charge in [0, 0.05) is 17.1 Å². The molecule has 1 N–H and O–H groups in total. The average molecular weight is 428 g/mol. The van der Waals surface area contributed by atoms with E-state index in [1.54, 1.807) is 6.08 Å². The maximum atomic E-state index is 13.1. The number of nitrogens with one attached hydrogen (secondary N) is 1. The first kappa shape index (κ1) is 21.3. The molecule has 0 bridgehead atoms. The van der Waals surface area contributed by atoms with Crippen LogP contribution in [-0.2, 0) is 22.6 Å². The molecule has 0 aliphatic carbocycles. The summed E-state index contributed by atoms with van der Waals surface area (Å²) >= 11 is 0. The lowest BCUT2D eigenvalue weighted by Gasteiger charge is -2.26. The molecule has 4 amide bonds. The van der Waals surface area contributed by atoms with Crippen LogP contribution in [0.3, 0.4) is 0 Å². The third-order valence-corrected chi connectivity index (χ3v) is 5.74. The van der Waals surface area contributed by atoms with E-state index in [0.29, 0.717) is 0 Å². The van der Waals surface area contributed by atoms with E-state index in [0.717, 1.165) is 39.5 Å². The molecular formula is C26H25N3O3. The highest BCUT2D eigenvalue weighted by atomic mass is 16.2. The smallest absolute Gasteiger partial charge is 0.318 e. The Labute approximate surface area is 187 Å². The molecule has 0 unspecified atom stereocenters. The highest BCUT2D eigenvalue weighted by molar-refractivity contribution is 6.31. The molecule has 1 aliphatic heterocycles. The largest absolute Gasteiger partial charge is 0.331 e. The fourth-order valence-corrected chi connectivity index (χ4v) is 3.97. The predicted octanol–water partition coefficient (Wildman–Crippen LogP) is 4.32. The van der Waals surface area contributed by atoms with E-state index in [9.17, 15) is 14.4 Å². The summed E-state index contributed by atoms with van der Waals surface area (Å²) in [5, 5.41) is 2.29. The van der Waals surface area contributed by atoms with Crippen molar-refractivity contribution in [2.75, 3.05) is 0 Å². The first-order valence-corrected chi connectivity index (χ1v) is 10.6. The molecule has 6 nitrogen and oxygen atoms in total. The van der Waals surface area contributed by atoms with Crippen LogP contribution in [0.25, 0.3) is 11.8 Å². The molecule has 2 heterocycles. The number of urea groups is 1. The number of amides is 4. The van der Waals surface area contributed by atoms with Crippen LogP contribution in [0.15, 0.2) is 66.2 Å². The van der Waals surface area contributed by atoms with Crippen molar-refractivity contribution in [3.63, 3.8) is 0 Å². The second-order valence-electron chi connectivity index (χ2n) is 7.88. The molecule has 1 saturated heterocycles. The number of carbonyl (C=O) groups excluding carboxylic acids is 3. The minimum Gasteiger partial charge on any atom is -0.318 e. The Morgan fingerprint density at radius 3 is 2.25 bits per heavy atom. The summed E-state index contributed by atoms with van der Waals surface area (Å²) in [6.07, 6.45) is 2.54. The summed E-state index contributed by atoms with van der Waals surface area (Å²) < 4.78 is 2.09. The number of nitrogens with zero attached hydrogens (tertiary/aromatic N) is 2. The van der Waals surface area contributed by atoms with Crippen LogP contribution in [0.4, 0.5) is 4.79 Å². The van der Waals surface area contributed by atoms with Crippen LogP contribution >= 0.6 is 0 Å². The Kier molecular flexibility index (Phi) is 5.77. The molecule has 1 aliphatic rings. The summed E-state index contributed by atoms with van der Waals surface area (Å²) in [5.74, 6) is -1.28. The number of barbiturate groups is 1. The van der Waals surface area contributed by atoms with Gasteiger partial charge in [-0.05, 0) is 61.2 Å². The van der Waals surface area contributed by atoms with Gasteiger partial charge in [0.15, 0.2) is 0 Å². The second kappa shape index (κ2) is 8.67. The number of imide groups is 2. The van der Waals surface area contributed by atoms with Crippen molar-refractivity contribution >= 4 is 23.9 Å². The Hall–Kier alpha value is -3.93. The van der Waals surface area contributed by atoms with Crippen LogP contribution in [0.1, 0.15) is 35.0 Å². The zero-order chi connectivity index (χ0) is 22.8. The minimum atomic E-state index is -0.706. The monoisotopic (exact) mass is 427 g/mol. The summed E-state index contributed by atoms with van der Waals surface area (Å²) in [7, 11) is 0. The zero-order valence-electron chi connectivity index (χ0n) is 18.4. The molecule has 0 spiro atoms.